The molecule has 24 heavy (non-hydrogen) atoms. The van der Waals surface area contributed by atoms with Crippen LogP contribution in [0.5, 0.6) is 0 Å². The van der Waals surface area contributed by atoms with E-state index in [0.29, 0.717) is 11.3 Å². The van der Waals surface area contributed by atoms with Crippen molar-refractivity contribution in [2.24, 2.45) is 10.4 Å². The van der Waals surface area contributed by atoms with Crippen LogP contribution in [0.4, 0.5) is 0 Å². The van der Waals surface area contributed by atoms with Crippen LogP contribution >= 0.6 is 11.3 Å². The smallest absolute Gasteiger partial charge is 0.191 e. The minimum Gasteiger partial charge on any atom is -0.385 e. The second-order valence-electron chi connectivity index (χ2n) is 7.05. The molecule has 1 saturated carbocycles. The molecule has 0 bridgehead atoms. The third-order valence-electron chi connectivity index (χ3n) is 4.92. The van der Waals surface area contributed by atoms with E-state index in [-0.39, 0.29) is 0 Å². The molecule has 1 heterocycles. The predicted molar refractivity (Wildman–Crippen MR) is 102 cm³/mol. The third kappa shape index (κ3) is 5.45. The van der Waals surface area contributed by atoms with Crippen molar-refractivity contribution in [3.05, 3.63) is 16.1 Å². The fraction of sp³-hybridized carbons (Fsp3) is 0.778. The van der Waals surface area contributed by atoms with E-state index >= 15 is 0 Å². The van der Waals surface area contributed by atoms with Crippen molar-refractivity contribution < 1.29 is 4.74 Å². The zero-order valence-corrected chi connectivity index (χ0v) is 16.3. The van der Waals surface area contributed by atoms with Crippen LogP contribution in [0.2, 0.25) is 0 Å². The molecule has 0 spiro atoms. The first-order chi connectivity index (χ1) is 11.6. The maximum absolute atomic E-state index is 5.31. The predicted octanol–water partition coefficient (Wildman–Crippen LogP) is 3.53. The highest BCUT2D eigenvalue weighted by atomic mass is 32.1. The number of rotatable bonds is 8. The van der Waals surface area contributed by atoms with Gasteiger partial charge >= 0.3 is 0 Å². The van der Waals surface area contributed by atoms with Crippen molar-refractivity contribution in [1.29, 1.82) is 0 Å². The molecule has 0 aliphatic heterocycles. The van der Waals surface area contributed by atoms with Gasteiger partial charge in [0.2, 0.25) is 0 Å². The van der Waals surface area contributed by atoms with Crippen molar-refractivity contribution >= 4 is 17.3 Å². The normalized spacial score (nSPS) is 17.5. The van der Waals surface area contributed by atoms with Gasteiger partial charge in [0.05, 0.1) is 12.2 Å². The summed E-state index contributed by atoms with van der Waals surface area (Å²) in [5.41, 5.74) is 1.53. The Morgan fingerprint density at radius 3 is 2.71 bits per heavy atom. The van der Waals surface area contributed by atoms with Crippen LogP contribution in [-0.4, -0.2) is 38.3 Å². The van der Waals surface area contributed by atoms with Crippen molar-refractivity contribution in [2.75, 3.05) is 27.3 Å². The standard InChI is InChI=1S/C18H32N4OS/c1-14(2)15-12-24-16(22-15)11-20-17(19-3)21-13-18(9-10-23-4)7-5-6-8-18/h12,14H,5-11,13H2,1-4H3,(H2,19,20,21). The lowest BCUT2D eigenvalue weighted by Gasteiger charge is -2.29. The fourth-order valence-corrected chi connectivity index (χ4v) is 4.18. The number of aliphatic imine (C=N–C) groups is 1. The van der Waals surface area contributed by atoms with Gasteiger partial charge in [-0.25, -0.2) is 4.98 Å². The first-order valence-electron chi connectivity index (χ1n) is 8.96. The quantitative estimate of drug-likeness (QED) is 0.555. The number of hydrogen-bond donors (Lipinski definition) is 2. The van der Waals surface area contributed by atoms with Gasteiger partial charge < -0.3 is 15.4 Å². The van der Waals surface area contributed by atoms with Gasteiger partial charge in [-0.15, -0.1) is 11.3 Å². The molecule has 1 fully saturated rings. The van der Waals surface area contributed by atoms with Crippen molar-refractivity contribution in [3.63, 3.8) is 0 Å². The summed E-state index contributed by atoms with van der Waals surface area (Å²) >= 11 is 1.71. The minimum atomic E-state index is 0.361. The molecule has 0 amide bonds. The van der Waals surface area contributed by atoms with E-state index in [0.717, 1.165) is 37.1 Å². The van der Waals surface area contributed by atoms with E-state index in [1.165, 1.54) is 31.4 Å². The number of thiazole rings is 1. The number of nitrogens with zero attached hydrogens (tertiary/aromatic N) is 2. The largest absolute Gasteiger partial charge is 0.385 e. The van der Waals surface area contributed by atoms with Crippen LogP contribution in [0.15, 0.2) is 10.4 Å². The molecule has 1 aromatic heterocycles. The van der Waals surface area contributed by atoms with Crippen LogP contribution in [0.3, 0.4) is 0 Å². The number of hydrogen-bond acceptors (Lipinski definition) is 4. The lowest BCUT2D eigenvalue weighted by atomic mass is 9.83. The van der Waals surface area contributed by atoms with E-state index in [1.807, 2.05) is 7.05 Å². The van der Waals surface area contributed by atoms with Crippen LogP contribution in [0.25, 0.3) is 0 Å². The van der Waals surface area contributed by atoms with Gasteiger partial charge in [-0.3, -0.25) is 4.99 Å². The molecule has 0 saturated heterocycles. The summed E-state index contributed by atoms with van der Waals surface area (Å²) in [4.78, 5) is 9.02. The van der Waals surface area contributed by atoms with Gasteiger partial charge in [0, 0.05) is 32.7 Å². The highest BCUT2D eigenvalue weighted by Crippen LogP contribution is 2.40. The first-order valence-corrected chi connectivity index (χ1v) is 9.84. The molecule has 1 aliphatic carbocycles. The Hall–Kier alpha value is -1.14. The average Bonchev–Trinajstić information content (AvgIpc) is 3.23. The lowest BCUT2D eigenvalue weighted by molar-refractivity contribution is 0.138. The highest BCUT2D eigenvalue weighted by Gasteiger charge is 2.33. The van der Waals surface area contributed by atoms with E-state index in [9.17, 15) is 0 Å². The van der Waals surface area contributed by atoms with Crippen LogP contribution < -0.4 is 10.6 Å². The Kier molecular flexibility index (Phi) is 7.49. The summed E-state index contributed by atoms with van der Waals surface area (Å²) in [7, 11) is 3.61. The van der Waals surface area contributed by atoms with Crippen LogP contribution in [0.1, 0.15) is 62.6 Å². The van der Waals surface area contributed by atoms with Gasteiger partial charge in [-0.2, -0.15) is 0 Å². The SMILES string of the molecule is CN=C(NCc1nc(C(C)C)cs1)NCC1(CCOC)CCCC1. The molecule has 1 aliphatic rings. The van der Waals surface area contributed by atoms with Gasteiger partial charge in [-0.05, 0) is 30.6 Å². The Morgan fingerprint density at radius 1 is 1.38 bits per heavy atom. The average molecular weight is 353 g/mol. The van der Waals surface area contributed by atoms with Gasteiger partial charge in [0.15, 0.2) is 5.96 Å². The van der Waals surface area contributed by atoms with Crippen LogP contribution in [0, 0.1) is 5.41 Å². The molecule has 1 aromatic rings. The third-order valence-corrected chi connectivity index (χ3v) is 5.79. The molecule has 0 radical (unpaired) electrons. The molecule has 0 atom stereocenters. The number of ether oxygens (including phenoxy) is 1. The van der Waals surface area contributed by atoms with Crippen molar-refractivity contribution in [1.82, 2.24) is 15.6 Å². The number of methoxy groups -OCH3 is 1. The Morgan fingerprint density at radius 2 is 2.12 bits per heavy atom. The van der Waals surface area contributed by atoms with Crippen LogP contribution in [-0.2, 0) is 11.3 Å². The summed E-state index contributed by atoms with van der Waals surface area (Å²) in [5, 5.41) is 10.2. The molecule has 136 valence electrons. The summed E-state index contributed by atoms with van der Waals surface area (Å²) in [6.45, 7) is 6.87. The summed E-state index contributed by atoms with van der Waals surface area (Å²) in [6.07, 6.45) is 6.34. The fourth-order valence-electron chi connectivity index (χ4n) is 3.28. The zero-order chi connectivity index (χ0) is 17.4. The second-order valence-corrected chi connectivity index (χ2v) is 7.99. The summed E-state index contributed by atoms with van der Waals surface area (Å²) < 4.78 is 5.31. The van der Waals surface area contributed by atoms with E-state index < -0.39 is 0 Å². The van der Waals surface area contributed by atoms with Crippen molar-refractivity contribution in [3.8, 4) is 0 Å². The maximum Gasteiger partial charge on any atom is 0.191 e. The van der Waals surface area contributed by atoms with Gasteiger partial charge in [0.1, 0.15) is 5.01 Å². The number of aromatic nitrogens is 1. The van der Waals surface area contributed by atoms with Crippen molar-refractivity contribution in [2.45, 2.75) is 58.4 Å². The Bertz CT molecular complexity index is 521. The molecule has 5 nitrogen and oxygen atoms in total. The molecule has 6 heteroatoms. The van der Waals surface area contributed by atoms with E-state index in [2.05, 4.69) is 39.8 Å². The highest BCUT2D eigenvalue weighted by molar-refractivity contribution is 7.09. The Balaban J connectivity index is 1.82. The second kappa shape index (κ2) is 9.37. The molecular weight excluding hydrogens is 320 g/mol. The molecular formula is C18H32N4OS. The number of nitrogens with one attached hydrogen (secondary N) is 2. The minimum absolute atomic E-state index is 0.361. The monoisotopic (exact) mass is 352 g/mol. The van der Waals surface area contributed by atoms with E-state index in [1.54, 1.807) is 18.4 Å². The molecule has 2 N–H and O–H groups in total. The summed E-state index contributed by atoms with van der Waals surface area (Å²) in [5.74, 6) is 1.34. The van der Waals surface area contributed by atoms with Gasteiger partial charge in [-0.1, -0.05) is 26.7 Å². The Labute approximate surface area is 150 Å². The molecule has 0 aromatic carbocycles. The maximum atomic E-state index is 5.31. The zero-order valence-electron chi connectivity index (χ0n) is 15.5. The topological polar surface area (TPSA) is 58.5 Å². The molecule has 2 rings (SSSR count). The summed E-state index contributed by atoms with van der Waals surface area (Å²) in [6, 6.07) is 0. The number of guanidine groups is 1. The lowest BCUT2D eigenvalue weighted by Crippen LogP contribution is -2.43. The van der Waals surface area contributed by atoms with E-state index in [4.69, 9.17) is 4.74 Å². The van der Waals surface area contributed by atoms with Gasteiger partial charge in [0.25, 0.3) is 0 Å². The molecule has 0 unspecified atom stereocenters. The first kappa shape index (κ1) is 19.2.